The molecule has 1 amide bonds. The molecule has 0 unspecified atom stereocenters. The molecule has 152 valence electrons. The predicted octanol–water partition coefficient (Wildman–Crippen LogP) is 2.38. The van der Waals surface area contributed by atoms with Crippen LogP contribution in [0.3, 0.4) is 0 Å². The zero-order valence-electron chi connectivity index (χ0n) is 16.0. The third-order valence-electron chi connectivity index (χ3n) is 5.79. The Morgan fingerprint density at radius 1 is 1.18 bits per heavy atom. The smallest absolute Gasteiger partial charge is 0.256 e. The number of amides is 1. The van der Waals surface area contributed by atoms with Gasteiger partial charge in [0.25, 0.3) is 5.91 Å². The van der Waals surface area contributed by atoms with Gasteiger partial charge in [0.15, 0.2) is 5.78 Å². The van der Waals surface area contributed by atoms with Crippen molar-refractivity contribution in [1.29, 1.82) is 0 Å². The molecule has 2 saturated heterocycles. The molecule has 6 nitrogen and oxygen atoms in total. The van der Waals surface area contributed by atoms with E-state index in [9.17, 15) is 14.0 Å². The van der Waals surface area contributed by atoms with E-state index in [2.05, 4.69) is 0 Å². The maximum Gasteiger partial charge on any atom is 0.256 e. The molecule has 0 radical (unpaired) electrons. The number of halogens is 1. The normalized spacial score (nSPS) is 21.3. The van der Waals surface area contributed by atoms with Gasteiger partial charge in [0.1, 0.15) is 18.2 Å². The molecule has 0 N–H and O–H groups in total. The summed E-state index contributed by atoms with van der Waals surface area (Å²) in [5, 5.41) is 0. The molecule has 1 aromatic rings. The van der Waals surface area contributed by atoms with Crippen molar-refractivity contribution in [3.05, 3.63) is 29.1 Å². The Hall–Kier alpha value is -1.99. The number of nitrogens with zero attached hydrogens (tertiary/aromatic N) is 1. The quantitative estimate of drug-likeness (QED) is 0.789. The molecule has 3 heterocycles. The Kier molecular flexibility index (Phi) is 5.92. The van der Waals surface area contributed by atoms with Crippen molar-refractivity contribution in [2.45, 2.75) is 38.2 Å². The number of likely N-dealkylation sites (tertiary alicyclic amines) is 1. The minimum absolute atomic E-state index is 0.0222. The van der Waals surface area contributed by atoms with Gasteiger partial charge in [-0.1, -0.05) is 0 Å². The number of rotatable bonds is 4. The van der Waals surface area contributed by atoms with E-state index in [-0.39, 0.29) is 36.4 Å². The van der Waals surface area contributed by atoms with Crippen molar-refractivity contribution in [1.82, 2.24) is 4.90 Å². The lowest BCUT2D eigenvalue weighted by Gasteiger charge is -2.33. The minimum atomic E-state index is -0.594. The number of fused-ring (bicyclic) bond motifs is 1. The molecule has 3 aliphatic heterocycles. The molecule has 0 bridgehead atoms. The summed E-state index contributed by atoms with van der Waals surface area (Å²) in [6.07, 6.45) is 4.05. The number of carbonyl (C=O) groups is 2. The zero-order valence-corrected chi connectivity index (χ0v) is 16.0. The second kappa shape index (κ2) is 8.57. The van der Waals surface area contributed by atoms with E-state index in [0.29, 0.717) is 36.9 Å². The molecular formula is C21H26FNO5. The van der Waals surface area contributed by atoms with Crippen molar-refractivity contribution in [2.75, 3.05) is 39.5 Å². The first-order chi connectivity index (χ1) is 13.6. The topological polar surface area (TPSA) is 65.1 Å². The lowest BCUT2D eigenvalue weighted by molar-refractivity contribution is -0.121. The number of benzene rings is 1. The van der Waals surface area contributed by atoms with Crippen LogP contribution >= 0.6 is 0 Å². The summed E-state index contributed by atoms with van der Waals surface area (Å²) in [5.74, 6) is -0.197. The number of ketones is 1. The highest BCUT2D eigenvalue weighted by molar-refractivity contribution is 5.95. The second-order valence-electron chi connectivity index (χ2n) is 7.82. The van der Waals surface area contributed by atoms with Crippen LogP contribution in [-0.2, 0) is 20.7 Å². The van der Waals surface area contributed by atoms with Crippen LogP contribution in [0.15, 0.2) is 12.1 Å². The first-order valence-electron chi connectivity index (χ1n) is 10.1. The van der Waals surface area contributed by atoms with Gasteiger partial charge >= 0.3 is 0 Å². The third-order valence-corrected chi connectivity index (χ3v) is 5.79. The van der Waals surface area contributed by atoms with Crippen LogP contribution in [0.25, 0.3) is 0 Å². The minimum Gasteiger partial charge on any atom is -0.485 e. The summed E-state index contributed by atoms with van der Waals surface area (Å²) < 4.78 is 31.0. The molecule has 2 fully saturated rings. The average molecular weight is 391 g/mol. The van der Waals surface area contributed by atoms with Crippen LogP contribution in [-0.4, -0.2) is 62.2 Å². The largest absolute Gasteiger partial charge is 0.485 e. The number of hydrogen-bond donors (Lipinski definition) is 0. The fraction of sp³-hybridized carbons (Fsp3) is 0.619. The average Bonchev–Trinajstić information content (AvgIpc) is 2.73. The third kappa shape index (κ3) is 4.36. The van der Waals surface area contributed by atoms with Gasteiger partial charge in [-0.25, -0.2) is 4.39 Å². The summed E-state index contributed by atoms with van der Waals surface area (Å²) in [4.78, 5) is 26.1. The van der Waals surface area contributed by atoms with E-state index < -0.39 is 5.82 Å². The van der Waals surface area contributed by atoms with Gasteiger partial charge in [0.05, 0.1) is 11.7 Å². The van der Waals surface area contributed by atoms with E-state index in [1.807, 2.05) is 0 Å². The summed E-state index contributed by atoms with van der Waals surface area (Å²) in [5.41, 5.74) is 0.606. The number of ether oxygens (including phenoxy) is 3. The molecule has 0 atom stereocenters. The Morgan fingerprint density at radius 3 is 2.68 bits per heavy atom. The Bertz CT molecular complexity index is 739. The van der Waals surface area contributed by atoms with Gasteiger partial charge in [-0.3, -0.25) is 9.59 Å². The molecule has 0 saturated carbocycles. The Morgan fingerprint density at radius 2 is 1.93 bits per heavy atom. The number of Topliss-reactive ketones (excluding diaryl/α,β-unsaturated/α-hetero) is 1. The molecule has 0 aliphatic carbocycles. The second-order valence-corrected chi connectivity index (χ2v) is 7.82. The van der Waals surface area contributed by atoms with Crippen LogP contribution in [0, 0.1) is 11.7 Å². The van der Waals surface area contributed by atoms with Crippen LogP contribution in [0.5, 0.6) is 5.75 Å². The standard InChI is InChI=1S/C21H26FNO5/c22-19-11-20-15(9-16(24)13-28-20)10-18(19)21(25)23-5-1-14(2-6-23)12-27-17-3-7-26-8-4-17/h10-11,14,17H,1-9,12-13H2. The number of piperidine rings is 1. The van der Waals surface area contributed by atoms with E-state index in [0.717, 1.165) is 38.9 Å². The van der Waals surface area contributed by atoms with E-state index >= 15 is 0 Å². The molecular weight excluding hydrogens is 365 g/mol. The molecule has 7 heteroatoms. The highest BCUT2D eigenvalue weighted by Gasteiger charge is 2.28. The molecule has 0 aromatic heterocycles. The van der Waals surface area contributed by atoms with E-state index in [4.69, 9.17) is 14.2 Å². The highest BCUT2D eigenvalue weighted by Crippen LogP contribution is 2.28. The van der Waals surface area contributed by atoms with Crippen molar-refractivity contribution < 1.29 is 28.2 Å². The summed E-state index contributed by atoms with van der Waals surface area (Å²) in [6.45, 7) is 3.38. The van der Waals surface area contributed by atoms with Gasteiger partial charge in [-0.05, 0) is 37.7 Å². The highest BCUT2D eigenvalue weighted by atomic mass is 19.1. The molecule has 4 rings (SSSR count). The van der Waals surface area contributed by atoms with E-state index in [1.165, 1.54) is 12.1 Å². The Labute approximate surface area is 163 Å². The first-order valence-corrected chi connectivity index (χ1v) is 10.1. The lowest BCUT2D eigenvalue weighted by atomic mass is 9.96. The first kappa shape index (κ1) is 19.3. The maximum absolute atomic E-state index is 14.4. The SMILES string of the molecule is O=C1COc2cc(F)c(C(=O)N3CCC(COC4CCOCC4)CC3)cc2C1. The van der Waals surface area contributed by atoms with E-state index in [1.54, 1.807) is 4.90 Å². The van der Waals surface area contributed by atoms with Gasteiger partial charge in [-0.15, -0.1) is 0 Å². The van der Waals surface area contributed by atoms with Crippen LogP contribution in [0.2, 0.25) is 0 Å². The number of hydrogen-bond acceptors (Lipinski definition) is 5. The maximum atomic E-state index is 14.4. The molecule has 1 aromatic carbocycles. The van der Waals surface area contributed by atoms with Crippen LogP contribution in [0.4, 0.5) is 4.39 Å². The van der Waals surface area contributed by atoms with Crippen molar-refractivity contribution >= 4 is 11.7 Å². The predicted molar refractivity (Wildman–Crippen MR) is 99.0 cm³/mol. The lowest BCUT2D eigenvalue weighted by Crippen LogP contribution is -2.40. The van der Waals surface area contributed by atoms with Crippen LogP contribution < -0.4 is 4.74 Å². The molecule has 0 spiro atoms. The van der Waals surface area contributed by atoms with Crippen molar-refractivity contribution in [2.24, 2.45) is 5.92 Å². The Balaban J connectivity index is 1.32. The summed E-state index contributed by atoms with van der Waals surface area (Å²) >= 11 is 0. The van der Waals surface area contributed by atoms with Gasteiger partial charge in [-0.2, -0.15) is 0 Å². The number of carbonyl (C=O) groups excluding carboxylic acids is 2. The molecule has 3 aliphatic rings. The van der Waals surface area contributed by atoms with Crippen molar-refractivity contribution in [3.8, 4) is 5.75 Å². The van der Waals surface area contributed by atoms with Gasteiger partial charge in [0.2, 0.25) is 0 Å². The fourth-order valence-corrected chi connectivity index (χ4v) is 4.05. The summed E-state index contributed by atoms with van der Waals surface area (Å²) in [7, 11) is 0. The molecule has 28 heavy (non-hydrogen) atoms. The summed E-state index contributed by atoms with van der Waals surface area (Å²) in [6, 6.07) is 2.70. The van der Waals surface area contributed by atoms with Crippen molar-refractivity contribution in [3.63, 3.8) is 0 Å². The van der Waals surface area contributed by atoms with Crippen LogP contribution in [0.1, 0.15) is 41.6 Å². The van der Waals surface area contributed by atoms with Gasteiger partial charge < -0.3 is 19.1 Å². The van der Waals surface area contributed by atoms with Gasteiger partial charge in [0, 0.05) is 51.0 Å². The monoisotopic (exact) mass is 391 g/mol. The zero-order chi connectivity index (χ0) is 19.5. The fourth-order valence-electron chi connectivity index (χ4n) is 4.05.